The maximum Gasteiger partial charge on any atom is 0.236 e. The number of nitrogens with zero attached hydrogens (tertiary/aromatic N) is 6. The fourth-order valence-electron chi connectivity index (χ4n) is 6.21. The molecular weight excluding hydrogens is 613 g/mol. The average Bonchev–Trinajstić information content (AvgIpc) is 3.67. The molecule has 5 aromatic rings. The van der Waals surface area contributed by atoms with Crippen molar-refractivity contribution in [3.63, 3.8) is 0 Å². The van der Waals surface area contributed by atoms with E-state index in [1.54, 1.807) is 34.4 Å². The summed E-state index contributed by atoms with van der Waals surface area (Å²) in [5.41, 5.74) is 4.77. The highest BCUT2D eigenvalue weighted by Crippen LogP contribution is 2.37. The van der Waals surface area contributed by atoms with Crippen LogP contribution < -0.4 is 4.90 Å². The van der Waals surface area contributed by atoms with Crippen LogP contribution in [0.15, 0.2) is 54.0 Å². The summed E-state index contributed by atoms with van der Waals surface area (Å²) in [6.07, 6.45) is 1.88. The van der Waals surface area contributed by atoms with E-state index in [-0.39, 0.29) is 17.4 Å². The maximum absolute atomic E-state index is 16.3. The molecule has 5 heterocycles. The Labute approximate surface area is 268 Å². The van der Waals surface area contributed by atoms with Crippen molar-refractivity contribution in [3.05, 3.63) is 82.8 Å². The number of pyridine rings is 1. The number of amides is 1. The molecule has 8 nitrogen and oxygen atoms in total. The second kappa shape index (κ2) is 12.2. The standard InChI is InChI=1S/C34H33F3N6O2S/c1-3-28-32(26-9-8-25(20(2)31(26)37)34-39-29(19-46-34)21-4-6-22(35)7-5-21)43-15-23(14-27(36)33(43)38-28)41-12-10-40(11-13-41)18-30(45)42-16-24(44)17-42/h4-9,14-15,19,24,44H,3,10-13,16-18H2,1-2H3. The average molecular weight is 647 g/mol. The van der Waals surface area contributed by atoms with Crippen LogP contribution in [0.3, 0.4) is 0 Å². The van der Waals surface area contributed by atoms with Gasteiger partial charge in [0.25, 0.3) is 0 Å². The molecule has 238 valence electrons. The van der Waals surface area contributed by atoms with E-state index in [9.17, 15) is 14.3 Å². The molecule has 0 atom stereocenters. The molecule has 2 aliphatic rings. The molecule has 1 N–H and O–H groups in total. The summed E-state index contributed by atoms with van der Waals surface area (Å²) in [7, 11) is 0. The van der Waals surface area contributed by atoms with E-state index < -0.39 is 17.7 Å². The Morgan fingerprint density at radius 3 is 2.41 bits per heavy atom. The van der Waals surface area contributed by atoms with Crippen LogP contribution in [0.1, 0.15) is 18.2 Å². The summed E-state index contributed by atoms with van der Waals surface area (Å²) in [6, 6.07) is 11.1. The molecule has 0 bridgehead atoms. The predicted octanol–water partition coefficient (Wildman–Crippen LogP) is 5.41. The molecule has 0 unspecified atom stereocenters. The first-order valence-corrected chi connectivity index (χ1v) is 16.2. The van der Waals surface area contributed by atoms with Crippen LogP contribution in [0.25, 0.3) is 38.7 Å². The molecule has 0 spiro atoms. The van der Waals surface area contributed by atoms with Gasteiger partial charge in [-0.2, -0.15) is 0 Å². The number of piperazine rings is 1. The van der Waals surface area contributed by atoms with Crippen molar-refractivity contribution in [2.75, 3.05) is 50.7 Å². The molecule has 12 heteroatoms. The number of fused-ring (bicyclic) bond motifs is 1. The molecule has 2 saturated heterocycles. The monoisotopic (exact) mass is 646 g/mol. The van der Waals surface area contributed by atoms with Gasteiger partial charge in [-0.05, 0) is 49.2 Å². The third kappa shape index (κ3) is 5.54. The number of halogens is 3. The Morgan fingerprint density at radius 2 is 1.72 bits per heavy atom. The Morgan fingerprint density at radius 1 is 1.00 bits per heavy atom. The van der Waals surface area contributed by atoms with E-state index in [0.29, 0.717) is 96.7 Å². The number of thiazole rings is 1. The molecule has 1 amide bonds. The van der Waals surface area contributed by atoms with Gasteiger partial charge in [0, 0.05) is 73.6 Å². The maximum atomic E-state index is 16.3. The molecule has 7 rings (SSSR count). The van der Waals surface area contributed by atoms with Gasteiger partial charge in [0.05, 0.1) is 35.4 Å². The lowest BCUT2D eigenvalue weighted by molar-refractivity contribution is -0.142. The number of aromatic nitrogens is 3. The Hall–Kier alpha value is -4.26. The lowest BCUT2D eigenvalue weighted by Crippen LogP contribution is -2.57. The number of β-amino-alcohol motifs (C(OH)–C–C–N with tert-alkyl or cyclic N) is 1. The zero-order valence-electron chi connectivity index (χ0n) is 25.5. The molecule has 0 radical (unpaired) electrons. The first-order chi connectivity index (χ1) is 22.2. The fraction of sp³-hybridized carbons (Fsp3) is 0.324. The van der Waals surface area contributed by atoms with Gasteiger partial charge in [-0.1, -0.05) is 13.0 Å². The van der Waals surface area contributed by atoms with Gasteiger partial charge in [-0.15, -0.1) is 11.3 Å². The van der Waals surface area contributed by atoms with Gasteiger partial charge in [-0.25, -0.2) is 23.1 Å². The minimum absolute atomic E-state index is 0.00730. The quantitative estimate of drug-likeness (QED) is 0.255. The van der Waals surface area contributed by atoms with E-state index in [0.717, 1.165) is 5.56 Å². The smallest absolute Gasteiger partial charge is 0.236 e. The summed E-state index contributed by atoms with van der Waals surface area (Å²) >= 11 is 1.39. The molecule has 2 aliphatic heterocycles. The molecule has 2 fully saturated rings. The van der Waals surface area contributed by atoms with Crippen LogP contribution in [0, 0.1) is 24.4 Å². The van der Waals surface area contributed by atoms with Crippen LogP contribution >= 0.6 is 11.3 Å². The van der Waals surface area contributed by atoms with Crippen molar-refractivity contribution < 1.29 is 23.1 Å². The number of hydrogen-bond donors (Lipinski definition) is 1. The Kier molecular flexibility index (Phi) is 8.04. The number of rotatable bonds is 7. The van der Waals surface area contributed by atoms with E-state index >= 15 is 8.78 Å². The largest absolute Gasteiger partial charge is 0.389 e. The summed E-state index contributed by atoms with van der Waals surface area (Å²) < 4.78 is 46.9. The SMILES string of the molecule is CCc1nc2c(F)cc(N3CCN(CC(=O)N4CC(O)C4)CC3)cn2c1-c1ccc(-c2nc(-c3ccc(F)cc3)cs2)c(C)c1F. The van der Waals surface area contributed by atoms with E-state index in [2.05, 4.69) is 14.8 Å². The normalized spacial score (nSPS) is 16.0. The second-order valence-electron chi connectivity index (χ2n) is 11.9. The number of aryl methyl sites for hydroxylation is 1. The Bertz CT molecular complexity index is 1930. The molecule has 0 aliphatic carbocycles. The fourth-order valence-corrected chi connectivity index (χ4v) is 7.12. The van der Waals surface area contributed by atoms with Gasteiger partial charge in [0.1, 0.15) is 16.6 Å². The number of aliphatic hydroxyl groups excluding tert-OH is 1. The van der Waals surface area contributed by atoms with Crippen LogP contribution in [-0.4, -0.2) is 87.1 Å². The third-order valence-corrected chi connectivity index (χ3v) is 9.77. The van der Waals surface area contributed by atoms with E-state index in [1.807, 2.05) is 24.6 Å². The van der Waals surface area contributed by atoms with Crippen LogP contribution in [-0.2, 0) is 11.2 Å². The summed E-state index contributed by atoms with van der Waals surface area (Å²) in [4.78, 5) is 27.5. The lowest BCUT2D eigenvalue weighted by atomic mass is 10.0. The van der Waals surface area contributed by atoms with Crippen LogP contribution in [0.4, 0.5) is 18.9 Å². The highest BCUT2D eigenvalue weighted by molar-refractivity contribution is 7.13. The number of anilines is 1. The highest BCUT2D eigenvalue weighted by atomic mass is 32.1. The number of carbonyl (C=O) groups excluding carboxylic acids is 1. The molecule has 0 saturated carbocycles. The number of carbonyl (C=O) groups is 1. The van der Waals surface area contributed by atoms with E-state index in [4.69, 9.17) is 4.98 Å². The molecule has 46 heavy (non-hydrogen) atoms. The number of imidazole rings is 1. The second-order valence-corrected chi connectivity index (χ2v) is 12.7. The van der Waals surface area contributed by atoms with Gasteiger partial charge in [0.2, 0.25) is 5.91 Å². The van der Waals surface area contributed by atoms with Crippen molar-refractivity contribution in [2.24, 2.45) is 0 Å². The van der Waals surface area contributed by atoms with Crippen LogP contribution in [0.2, 0.25) is 0 Å². The number of aliphatic hydroxyl groups is 1. The molecule has 2 aromatic carbocycles. The zero-order chi connectivity index (χ0) is 32.1. The van der Waals surface area contributed by atoms with Crippen molar-refractivity contribution >= 4 is 28.6 Å². The van der Waals surface area contributed by atoms with Crippen molar-refractivity contribution in [2.45, 2.75) is 26.4 Å². The van der Waals surface area contributed by atoms with Crippen molar-refractivity contribution in [1.29, 1.82) is 0 Å². The van der Waals surface area contributed by atoms with Crippen molar-refractivity contribution in [3.8, 4) is 33.1 Å². The zero-order valence-corrected chi connectivity index (χ0v) is 26.3. The summed E-state index contributed by atoms with van der Waals surface area (Å²) in [5.74, 6) is -1.23. The minimum Gasteiger partial charge on any atom is -0.389 e. The molecular formula is C34H33F3N6O2S. The number of likely N-dealkylation sites (tertiary alicyclic amines) is 1. The van der Waals surface area contributed by atoms with E-state index in [1.165, 1.54) is 29.5 Å². The first kappa shape index (κ1) is 30.4. The lowest BCUT2D eigenvalue weighted by Gasteiger charge is -2.39. The first-order valence-electron chi connectivity index (χ1n) is 15.3. The number of benzene rings is 2. The third-order valence-electron chi connectivity index (χ3n) is 8.90. The minimum atomic E-state index is -0.489. The van der Waals surface area contributed by atoms with Gasteiger partial charge in [-0.3, -0.25) is 14.1 Å². The van der Waals surface area contributed by atoms with Crippen molar-refractivity contribution in [1.82, 2.24) is 24.2 Å². The predicted molar refractivity (Wildman–Crippen MR) is 172 cm³/mol. The summed E-state index contributed by atoms with van der Waals surface area (Å²) in [5, 5.41) is 12.0. The topological polar surface area (TPSA) is 77.2 Å². The van der Waals surface area contributed by atoms with Crippen LogP contribution in [0.5, 0.6) is 0 Å². The Balaban J connectivity index is 1.16. The molecule has 3 aromatic heterocycles. The summed E-state index contributed by atoms with van der Waals surface area (Å²) in [6.45, 7) is 7.15. The van der Waals surface area contributed by atoms with Gasteiger partial charge < -0.3 is 14.9 Å². The van der Waals surface area contributed by atoms with Gasteiger partial charge in [0.15, 0.2) is 11.5 Å². The number of hydrogen-bond acceptors (Lipinski definition) is 7. The highest BCUT2D eigenvalue weighted by Gasteiger charge is 2.31. The van der Waals surface area contributed by atoms with Gasteiger partial charge >= 0.3 is 0 Å².